The van der Waals surface area contributed by atoms with E-state index < -0.39 is 10.0 Å². The van der Waals surface area contributed by atoms with E-state index in [0.29, 0.717) is 25.1 Å². The summed E-state index contributed by atoms with van der Waals surface area (Å²) < 4.78 is 27.0. The molecule has 110 valence electrons. The first kappa shape index (κ1) is 15.2. The first-order valence-electron chi connectivity index (χ1n) is 6.38. The van der Waals surface area contributed by atoms with Crippen LogP contribution in [-0.2, 0) is 23.0 Å². The summed E-state index contributed by atoms with van der Waals surface area (Å²) in [6.07, 6.45) is 2.23. The SMILES string of the molecule is CCNCc1cn[nH]c1S(=O)(=O)NCCc1cccs1. The predicted octanol–water partition coefficient (Wildman–Crippen LogP) is 1.10. The van der Waals surface area contributed by atoms with Crippen LogP contribution in [0.15, 0.2) is 28.7 Å². The lowest BCUT2D eigenvalue weighted by atomic mass is 10.3. The van der Waals surface area contributed by atoms with Crippen molar-refractivity contribution in [1.29, 1.82) is 0 Å². The highest BCUT2D eigenvalue weighted by molar-refractivity contribution is 7.89. The smallest absolute Gasteiger partial charge is 0.257 e. The zero-order valence-electron chi connectivity index (χ0n) is 11.2. The number of nitrogens with one attached hydrogen (secondary N) is 3. The Balaban J connectivity index is 1.97. The Labute approximate surface area is 122 Å². The van der Waals surface area contributed by atoms with Gasteiger partial charge in [-0.1, -0.05) is 13.0 Å². The van der Waals surface area contributed by atoms with Gasteiger partial charge in [-0.15, -0.1) is 11.3 Å². The summed E-state index contributed by atoms with van der Waals surface area (Å²) in [5.41, 5.74) is 0.649. The van der Waals surface area contributed by atoms with Crippen molar-refractivity contribution in [3.05, 3.63) is 34.2 Å². The van der Waals surface area contributed by atoms with Crippen molar-refractivity contribution in [1.82, 2.24) is 20.2 Å². The number of H-pyrrole nitrogens is 1. The molecule has 0 aliphatic rings. The van der Waals surface area contributed by atoms with Gasteiger partial charge in [0.25, 0.3) is 10.0 Å². The van der Waals surface area contributed by atoms with E-state index in [0.717, 1.165) is 11.4 Å². The summed E-state index contributed by atoms with van der Waals surface area (Å²) in [4.78, 5) is 1.16. The molecule has 0 aliphatic heterocycles. The lowest BCUT2D eigenvalue weighted by Gasteiger charge is -2.07. The van der Waals surface area contributed by atoms with Gasteiger partial charge in [-0.3, -0.25) is 5.10 Å². The second-order valence-electron chi connectivity index (χ2n) is 4.23. The van der Waals surface area contributed by atoms with Crippen LogP contribution in [0.1, 0.15) is 17.4 Å². The van der Waals surface area contributed by atoms with Crippen molar-refractivity contribution in [2.75, 3.05) is 13.1 Å². The van der Waals surface area contributed by atoms with E-state index in [1.165, 1.54) is 6.20 Å². The van der Waals surface area contributed by atoms with E-state index in [1.54, 1.807) is 11.3 Å². The second-order valence-corrected chi connectivity index (χ2v) is 6.97. The van der Waals surface area contributed by atoms with Crippen LogP contribution < -0.4 is 10.0 Å². The number of aromatic nitrogens is 2. The first-order chi connectivity index (χ1) is 9.63. The summed E-state index contributed by atoms with van der Waals surface area (Å²) in [6, 6.07) is 3.95. The van der Waals surface area contributed by atoms with E-state index in [2.05, 4.69) is 20.2 Å². The monoisotopic (exact) mass is 314 g/mol. The number of sulfonamides is 1. The van der Waals surface area contributed by atoms with Crippen LogP contribution in [0, 0.1) is 0 Å². The van der Waals surface area contributed by atoms with Gasteiger partial charge in [0.05, 0.1) is 6.20 Å². The van der Waals surface area contributed by atoms with Gasteiger partial charge in [-0.05, 0) is 24.4 Å². The van der Waals surface area contributed by atoms with Crippen molar-refractivity contribution in [3.63, 3.8) is 0 Å². The molecule has 20 heavy (non-hydrogen) atoms. The third-order valence-corrected chi connectivity index (χ3v) is 5.17. The second kappa shape index (κ2) is 6.98. The van der Waals surface area contributed by atoms with Crippen LogP contribution in [-0.4, -0.2) is 31.7 Å². The summed E-state index contributed by atoms with van der Waals surface area (Å²) >= 11 is 1.62. The summed E-state index contributed by atoms with van der Waals surface area (Å²) in [5.74, 6) is 0. The minimum Gasteiger partial charge on any atom is -0.313 e. The van der Waals surface area contributed by atoms with Gasteiger partial charge in [-0.2, -0.15) is 5.10 Å². The van der Waals surface area contributed by atoms with Gasteiger partial charge in [0.1, 0.15) is 0 Å². The zero-order valence-corrected chi connectivity index (χ0v) is 12.9. The molecule has 2 aromatic heterocycles. The molecule has 3 N–H and O–H groups in total. The molecule has 0 saturated heterocycles. The van der Waals surface area contributed by atoms with Crippen molar-refractivity contribution in [3.8, 4) is 0 Å². The summed E-state index contributed by atoms with van der Waals surface area (Å²) in [7, 11) is -3.53. The van der Waals surface area contributed by atoms with Crippen LogP contribution >= 0.6 is 11.3 Å². The normalized spacial score (nSPS) is 11.8. The molecule has 0 amide bonds. The maximum atomic E-state index is 12.2. The Morgan fingerprint density at radius 2 is 2.30 bits per heavy atom. The number of thiophene rings is 1. The van der Waals surface area contributed by atoms with Gasteiger partial charge >= 0.3 is 0 Å². The van der Waals surface area contributed by atoms with Crippen LogP contribution in [0.25, 0.3) is 0 Å². The fourth-order valence-corrected chi connectivity index (χ4v) is 3.62. The standard InChI is InChI=1S/C12H18N4O2S2/c1-2-13-8-10-9-14-16-12(10)20(17,18)15-6-5-11-4-3-7-19-11/h3-4,7,9,13,15H,2,5-6,8H2,1H3,(H,14,16). The third kappa shape index (κ3) is 3.89. The van der Waals surface area contributed by atoms with Crippen molar-refractivity contribution < 1.29 is 8.42 Å². The molecule has 0 spiro atoms. The van der Waals surface area contributed by atoms with Gasteiger partial charge in [-0.25, -0.2) is 13.1 Å². The lowest BCUT2D eigenvalue weighted by Crippen LogP contribution is -2.27. The molecule has 0 fully saturated rings. The van der Waals surface area contributed by atoms with Crippen molar-refractivity contribution >= 4 is 21.4 Å². The maximum absolute atomic E-state index is 12.2. The van der Waals surface area contributed by atoms with Gasteiger partial charge in [0, 0.05) is 23.5 Å². The van der Waals surface area contributed by atoms with Crippen molar-refractivity contribution in [2.24, 2.45) is 0 Å². The molecule has 0 bridgehead atoms. The highest BCUT2D eigenvalue weighted by atomic mass is 32.2. The Kier molecular flexibility index (Phi) is 5.30. The van der Waals surface area contributed by atoms with Crippen molar-refractivity contribution in [2.45, 2.75) is 24.9 Å². The molecular formula is C12H18N4O2S2. The first-order valence-corrected chi connectivity index (χ1v) is 8.74. The summed E-state index contributed by atoms with van der Waals surface area (Å²) in [6.45, 7) is 3.60. The fourth-order valence-electron chi connectivity index (χ4n) is 1.75. The Morgan fingerprint density at radius 3 is 3.00 bits per heavy atom. The molecule has 0 aliphatic carbocycles. The van der Waals surface area contributed by atoms with Crippen LogP contribution in [0.4, 0.5) is 0 Å². The molecule has 0 atom stereocenters. The molecule has 0 aromatic carbocycles. The van der Waals surface area contributed by atoms with Crippen LogP contribution in [0.3, 0.4) is 0 Å². The Bertz CT molecular complexity index is 620. The van der Waals surface area contributed by atoms with E-state index >= 15 is 0 Å². The van der Waals surface area contributed by atoms with Gasteiger partial charge < -0.3 is 5.32 Å². The Morgan fingerprint density at radius 1 is 1.45 bits per heavy atom. The largest absolute Gasteiger partial charge is 0.313 e. The topological polar surface area (TPSA) is 86.9 Å². The minimum atomic E-state index is -3.53. The quantitative estimate of drug-likeness (QED) is 0.681. The highest BCUT2D eigenvalue weighted by Crippen LogP contribution is 2.12. The number of nitrogens with zero attached hydrogens (tertiary/aromatic N) is 1. The molecule has 0 radical (unpaired) electrons. The van der Waals surface area contributed by atoms with E-state index in [9.17, 15) is 8.42 Å². The van der Waals surface area contributed by atoms with E-state index in [-0.39, 0.29) is 5.03 Å². The number of hydrogen-bond donors (Lipinski definition) is 3. The Hall–Kier alpha value is -1.22. The summed E-state index contributed by atoms with van der Waals surface area (Å²) in [5, 5.41) is 11.6. The molecule has 2 aromatic rings. The van der Waals surface area contributed by atoms with Crippen LogP contribution in [0.5, 0.6) is 0 Å². The highest BCUT2D eigenvalue weighted by Gasteiger charge is 2.19. The molecule has 0 saturated carbocycles. The maximum Gasteiger partial charge on any atom is 0.257 e. The molecule has 2 rings (SSSR count). The molecule has 0 unspecified atom stereocenters. The fraction of sp³-hybridized carbons (Fsp3) is 0.417. The van der Waals surface area contributed by atoms with E-state index in [4.69, 9.17) is 0 Å². The third-order valence-electron chi connectivity index (χ3n) is 2.76. The molecule has 2 heterocycles. The predicted molar refractivity (Wildman–Crippen MR) is 79.2 cm³/mol. The van der Waals surface area contributed by atoms with E-state index in [1.807, 2.05) is 24.4 Å². The zero-order chi connectivity index (χ0) is 14.4. The molecule has 6 nitrogen and oxygen atoms in total. The lowest BCUT2D eigenvalue weighted by molar-refractivity contribution is 0.574. The molecule has 8 heteroatoms. The average Bonchev–Trinajstić information content (AvgIpc) is 3.07. The van der Waals surface area contributed by atoms with Crippen LogP contribution in [0.2, 0.25) is 0 Å². The van der Waals surface area contributed by atoms with Gasteiger partial charge in [0.2, 0.25) is 0 Å². The van der Waals surface area contributed by atoms with Gasteiger partial charge in [0.15, 0.2) is 5.03 Å². The molecular weight excluding hydrogens is 296 g/mol. The number of aromatic amines is 1. The number of hydrogen-bond acceptors (Lipinski definition) is 5. The average molecular weight is 314 g/mol. The minimum absolute atomic E-state index is 0.143. The number of rotatable bonds is 8.